The van der Waals surface area contributed by atoms with Gasteiger partial charge in [-0.3, -0.25) is 4.79 Å². The van der Waals surface area contributed by atoms with Gasteiger partial charge in [0.05, 0.1) is 26.8 Å². The number of anilines is 1. The molecule has 0 aliphatic rings. The second kappa shape index (κ2) is 7.90. The summed E-state index contributed by atoms with van der Waals surface area (Å²) in [6, 6.07) is 10.5. The normalized spacial score (nSPS) is 10.4. The number of carbonyl (C=O) groups is 1. The van der Waals surface area contributed by atoms with Crippen molar-refractivity contribution in [1.82, 2.24) is 4.57 Å². The number of ether oxygens (including phenoxy) is 4. The molecule has 0 aliphatic carbocycles. The lowest BCUT2D eigenvalue weighted by molar-refractivity contribution is -0.118. The van der Waals surface area contributed by atoms with Gasteiger partial charge in [-0.1, -0.05) is 0 Å². The van der Waals surface area contributed by atoms with Crippen LogP contribution in [-0.2, 0) is 11.3 Å². The minimum absolute atomic E-state index is 0.128. The Morgan fingerprint density at radius 1 is 1.07 bits per heavy atom. The lowest BCUT2D eigenvalue weighted by Crippen LogP contribution is -2.19. The molecule has 150 valence electrons. The highest BCUT2D eigenvalue weighted by Gasteiger charge is 2.18. The zero-order valence-electron chi connectivity index (χ0n) is 16.2. The van der Waals surface area contributed by atoms with Crippen molar-refractivity contribution in [3.05, 3.63) is 35.9 Å². The Labute approximate surface area is 166 Å². The van der Waals surface area contributed by atoms with Crippen LogP contribution in [0.1, 0.15) is 5.56 Å². The monoisotopic (exact) mass is 396 g/mol. The molecule has 0 atom stereocenters. The largest absolute Gasteiger partial charge is 0.493 e. The van der Waals surface area contributed by atoms with Crippen LogP contribution < -0.4 is 30.4 Å². The number of nitrogens with zero attached hydrogens (tertiary/aromatic N) is 2. The number of hydrogen-bond donors (Lipinski definition) is 2. The van der Waals surface area contributed by atoms with E-state index in [0.717, 1.165) is 0 Å². The zero-order chi connectivity index (χ0) is 21.1. The molecule has 0 bridgehead atoms. The zero-order valence-corrected chi connectivity index (χ0v) is 16.2. The molecule has 29 heavy (non-hydrogen) atoms. The van der Waals surface area contributed by atoms with Crippen LogP contribution in [0.25, 0.3) is 10.9 Å². The predicted octanol–water partition coefficient (Wildman–Crippen LogP) is 2.40. The second-order valence-corrected chi connectivity index (χ2v) is 6.07. The average Bonchev–Trinajstić information content (AvgIpc) is 2.96. The van der Waals surface area contributed by atoms with Crippen LogP contribution in [0.2, 0.25) is 0 Å². The molecule has 0 saturated heterocycles. The Balaban J connectivity index is 2.06. The van der Waals surface area contributed by atoms with Crippen LogP contribution in [0, 0.1) is 11.3 Å². The standard InChI is InChI=1S/C20H20N4O5/c1-26-16-7-12(8-17(27-2)19(16)28-3)29-11-4-5-15-13(6-11)14(9-21)20(23)24(15)10-18(22)25/h4-8H,10,23H2,1-3H3,(H2,22,25). The lowest BCUT2D eigenvalue weighted by atomic mass is 10.1. The van der Waals surface area contributed by atoms with Crippen LogP contribution in [0.5, 0.6) is 28.7 Å². The molecule has 0 saturated carbocycles. The number of hydrogen-bond acceptors (Lipinski definition) is 7. The highest BCUT2D eigenvalue weighted by Crippen LogP contribution is 2.42. The van der Waals surface area contributed by atoms with E-state index < -0.39 is 5.91 Å². The summed E-state index contributed by atoms with van der Waals surface area (Å²) in [6.45, 7) is -0.128. The molecule has 0 aliphatic heterocycles. The molecular formula is C20H20N4O5. The van der Waals surface area contributed by atoms with Crippen molar-refractivity contribution in [3.63, 3.8) is 0 Å². The Morgan fingerprint density at radius 3 is 2.24 bits per heavy atom. The summed E-state index contributed by atoms with van der Waals surface area (Å²) in [4.78, 5) is 11.3. The van der Waals surface area contributed by atoms with Gasteiger partial charge in [0.15, 0.2) is 11.5 Å². The second-order valence-electron chi connectivity index (χ2n) is 6.07. The van der Waals surface area contributed by atoms with Crippen LogP contribution in [0.4, 0.5) is 5.82 Å². The molecular weight excluding hydrogens is 376 g/mol. The molecule has 2 aromatic carbocycles. The smallest absolute Gasteiger partial charge is 0.237 e. The predicted molar refractivity (Wildman–Crippen MR) is 106 cm³/mol. The summed E-state index contributed by atoms with van der Waals surface area (Å²) < 4.78 is 23.4. The number of rotatable bonds is 7. The van der Waals surface area contributed by atoms with Crippen molar-refractivity contribution < 1.29 is 23.7 Å². The Hall–Kier alpha value is -4.06. The summed E-state index contributed by atoms with van der Waals surface area (Å²) in [7, 11) is 4.53. The maximum Gasteiger partial charge on any atom is 0.237 e. The van der Waals surface area contributed by atoms with Crippen molar-refractivity contribution in [2.24, 2.45) is 5.73 Å². The number of nitrogens with two attached hydrogens (primary N) is 2. The molecule has 9 heteroatoms. The van der Waals surface area contributed by atoms with Crippen LogP contribution in [0.15, 0.2) is 30.3 Å². The molecule has 3 rings (SSSR count). The Kier molecular flexibility index (Phi) is 5.36. The first-order valence-corrected chi connectivity index (χ1v) is 8.51. The number of benzene rings is 2. The van der Waals surface area contributed by atoms with Crippen molar-refractivity contribution in [3.8, 4) is 34.8 Å². The van der Waals surface area contributed by atoms with Gasteiger partial charge in [-0.05, 0) is 18.2 Å². The molecule has 0 unspecified atom stereocenters. The number of carbonyl (C=O) groups excluding carboxylic acids is 1. The van der Waals surface area contributed by atoms with Gasteiger partial charge in [0, 0.05) is 17.5 Å². The number of nitriles is 1. The first kappa shape index (κ1) is 19.7. The van der Waals surface area contributed by atoms with E-state index in [2.05, 4.69) is 6.07 Å². The van der Waals surface area contributed by atoms with Gasteiger partial charge in [-0.25, -0.2) is 0 Å². The maximum atomic E-state index is 11.3. The fourth-order valence-corrected chi connectivity index (χ4v) is 3.11. The highest BCUT2D eigenvalue weighted by atomic mass is 16.5. The van der Waals surface area contributed by atoms with Gasteiger partial charge >= 0.3 is 0 Å². The van der Waals surface area contributed by atoms with E-state index in [0.29, 0.717) is 39.7 Å². The van der Waals surface area contributed by atoms with Gasteiger partial charge in [-0.15, -0.1) is 0 Å². The van der Waals surface area contributed by atoms with Crippen LogP contribution in [0.3, 0.4) is 0 Å². The van der Waals surface area contributed by atoms with Crippen molar-refractivity contribution in [1.29, 1.82) is 5.26 Å². The van der Waals surface area contributed by atoms with Crippen LogP contribution >= 0.6 is 0 Å². The molecule has 0 fully saturated rings. The number of methoxy groups -OCH3 is 3. The van der Waals surface area contributed by atoms with E-state index in [4.69, 9.17) is 30.4 Å². The Morgan fingerprint density at radius 2 is 1.72 bits per heavy atom. The molecule has 9 nitrogen and oxygen atoms in total. The van der Waals surface area contributed by atoms with Crippen molar-refractivity contribution in [2.45, 2.75) is 6.54 Å². The minimum Gasteiger partial charge on any atom is -0.493 e. The third-order valence-electron chi connectivity index (χ3n) is 4.37. The number of primary amides is 1. The molecule has 0 radical (unpaired) electrons. The highest BCUT2D eigenvalue weighted by molar-refractivity contribution is 5.94. The van der Waals surface area contributed by atoms with Crippen molar-refractivity contribution in [2.75, 3.05) is 27.1 Å². The average molecular weight is 396 g/mol. The third kappa shape index (κ3) is 3.55. The number of fused-ring (bicyclic) bond motifs is 1. The van der Waals surface area contributed by atoms with E-state index in [1.54, 1.807) is 30.3 Å². The number of amides is 1. The topological polar surface area (TPSA) is 135 Å². The quantitative estimate of drug-likeness (QED) is 0.626. The van der Waals surface area contributed by atoms with Gasteiger partial charge in [0.25, 0.3) is 0 Å². The molecule has 4 N–H and O–H groups in total. The summed E-state index contributed by atoms with van der Waals surface area (Å²) in [5.74, 6) is 1.85. The summed E-state index contributed by atoms with van der Waals surface area (Å²) in [5.41, 5.74) is 12.2. The molecule has 1 aromatic heterocycles. The summed E-state index contributed by atoms with van der Waals surface area (Å²) in [6.07, 6.45) is 0. The molecule has 1 amide bonds. The lowest BCUT2D eigenvalue weighted by Gasteiger charge is -2.14. The van der Waals surface area contributed by atoms with Gasteiger partial charge in [-0.2, -0.15) is 5.26 Å². The van der Waals surface area contributed by atoms with E-state index in [1.807, 2.05) is 0 Å². The van der Waals surface area contributed by atoms with Gasteiger partial charge in [0.2, 0.25) is 11.7 Å². The van der Waals surface area contributed by atoms with Gasteiger partial charge in [0.1, 0.15) is 35.5 Å². The fourth-order valence-electron chi connectivity index (χ4n) is 3.11. The fraction of sp³-hybridized carbons (Fsp3) is 0.200. The van der Waals surface area contributed by atoms with E-state index in [1.165, 1.54) is 25.9 Å². The third-order valence-corrected chi connectivity index (χ3v) is 4.37. The summed E-state index contributed by atoms with van der Waals surface area (Å²) in [5, 5.41) is 10.0. The maximum absolute atomic E-state index is 11.3. The molecule has 3 aromatic rings. The first-order valence-electron chi connectivity index (χ1n) is 8.51. The number of nitrogen functional groups attached to an aromatic ring is 1. The van der Waals surface area contributed by atoms with Crippen molar-refractivity contribution >= 4 is 22.6 Å². The minimum atomic E-state index is -0.559. The van der Waals surface area contributed by atoms with E-state index in [9.17, 15) is 10.1 Å². The SMILES string of the molecule is COc1cc(Oc2ccc3c(c2)c(C#N)c(N)n3CC(N)=O)cc(OC)c1OC. The number of aromatic nitrogens is 1. The van der Waals surface area contributed by atoms with E-state index in [-0.39, 0.29) is 17.9 Å². The first-order chi connectivity index (χ1) is 13.9. The summed E-state index contributed by atoms with van der Waals surface area (Å²) >= 11 is 0. The molecule has 0 spiro atoms. The van der Waals surface area contributed by atoms with E-state index >= 15 is 0 Å². The van der Waals surface area contributed by atoms with Gasteiger partial charge < -0.3 is 35.0 Å². The molecule has 1 heterocycles. The van der Waals surface area contributed by atoms with Crippen LogP contribution in [-0.4, -0.2) is 31.8 Å². The Bertz CT molecular complexity index is 1110.